The molecule has 9 heteroatoms. The summed E-state index contributed by atoms with van der Waals surface area (Å²) in [7, 11) is 1.65. The number of carbonyl (C=O) groups excluding carboxylic acids is 2. The molecule has 2 saturated heterocycles. The fourth-order valence-electron chi connectivity index (χ4n) is 5.50. The fraction of sp³-hybridized carbons (Fsp3) is 0.538. The standard InChI is InChI=1S/C26H33N3O6/c1-3-26(18-10-12-28(13-11-18)14-19-8-9-20(34-19)16-32-2)24(30)29(25(31)27-26)15-21-17-33-22-6-4-5-7-23(22)35-21/h4-9,18,21H,3,10-17H2,1-2H3,(H,27,31)/t21-,26-/m0/s1. The van der Waals surface area contributed by atoms with Gasteiger partial charge in [-0.1, -0.05) is 19.1 Å². The summed E-state index contributed by atoms with van der Waals surface area (Å²) in [6.07, 6.45) is 1.82. The summed E-state index contributed by atoms with van der Waals surface area (Å²) in [6.45, 7) is 5.31. The lowest BCUT2D eigenvalue weighted by Crippen LogP contribution is -2.56. The molecular weight excluding hydrogens is 450 g/mol. The van der Waals surface area contributed by atoms with Crippen molar-refractivity contribution < 1.29 is 28.2 Å². The number of para-hydroxylation sites is 2. The van der Waals surface area contributed by atoms with Crippen molar-refractivity contribution in [3.05, 3.63) is 47.9 Å². The summed E-state index contributed by atoms with van der Waals surface area (Å²) < 4.78 is 22.7. The molecule has 0 radical (unpaired) electrons. The first-order chi connectivity index (χ1) is 17.0. The monoisotopic (exact) mass is 483 g/mol. The van der Waals surface area contributed by atoms with Gasteiger partial charge in [0.15, 0.2) is 17.6 Å². The molecule has 1 aromatic carbocycles. The quantitative estimate of drug-likeness (QED) is 0.577. The fourth-order valence-corrected chi connectivity index (χ4v) is 5.50. The Morgan fingerprint density at radius 2 is 1.83 bits per heavy atom. The van der Waals surface area contributed by atoms with E-state index in [-0.39, 0.29) is 24.4 Å². The lowest BCUT2D eigenvalue weighted by Gasteiger charge is -2.40. The zero-order valence-electron chi connectivity index (χ0n) is 20.3. The van der Waals surface area contributed by atoms with Crippen molar-refractivity contribution in [2.45, 2.75) is 51.0 Å². The smallest absolute Gasteiger partial charge is 0.325 e. The van der Waals surface area contributed by atoms with Crippen LogP contribution in [-0.2, 0) is 22.7 Å². The van der Waals surface area contributed by atoms with Crippen LogP contribution in [-0.4, -0.2) is 66.7 Å². The lowest BCUT2D eigenvalue weighted by atomic mass is 9.75. The Labute approximate surface area is 205 Å². The van der Waals surface area contributed by atoms with Gasteiger partial charge in [-0.2, -0.15) is 0 Å². The van der Waals surface area contributed by atoms with Gasteiger partial charge in [0.1, 0.15) is 30.3 Å². The highest BCUT2D eigenvalue weighted by Crippen LogP contribution is 2.37. The molecule has 188 valence electrons. The van der Waals surface area contributed by atoms with Crippen molar-refractivity contribution in [2.24, 2.45) is 5.92 Å². The third-order valence-corrected chi connectivity index (χ3v) is 7.38. The van der Waals surface area contributed by atoms with E-state index in [0.717, 1.165) is 44.0 Å². The van der Waals surface area contributed by atoms with Crippen molar-refractivity contribution in [1.82, 2.24) is 15.1 Å². The van der Waals surface area contributed by atoms with Gasteiger partial charge in [0.2, 0.25) is 0 Å². The van der Waals surface area contributed by atoms with Gasteiger partial charge in [-0.25, -0.2) is 4.79 Å². The average molecular weight is 484 g/mol. The number of furan rings is 1. The van der Waals surface area contributed by atoms with Crippen LogP contribution in [0.25, 0.3) is 0 Å². The van der Waals surface area contributed by atoms with Gasteiger partial charge >= 0.3 is 6.03 Å². The van der Waals surface area contributed by atoms with E-state index in [4.69, 9.17) is 18.6 Å². The molecule has 2 atom stereocenters. The van der Waals surface area contributed by atoms with Gasteiger partial charge in [-0.3, -0.25) is 14.6 Å². The van der Waals surface area contributed by atoms with Crippen LogP contribution in [0.3, 0.4) is 0 Å². The van der Waals surface area contributed by atoms with Crippen LogP contribution >= 0.6 is 0 Å². The minimum absolute atomic E-state index is 0.0788. The van der Waals surface area contributed by atoms with Crippen molar-refractivity contribution in [3.8, 4) is 11.5 Å². The van der Waals surface area contributed by atoms with Crippen LogP contribution in [0.2, 0.25) is 0 Å². The van der Waals surface area contributed by atoms with Gasteiger partial charge in [-0.15, -0.1) is 0 Å². The second-order valence-corrected chi connectivity index (χ2v) is 9.52. The number of amides is 3. The highest BCUT2D eigenvalue weighted by atomic mass is 16.6. The number of hydrogen-bond acceptors (Lipinski definition) is 7. The highest BCUT2D eigenvalue weighted by Gasteiger charge is 2.55. The third kappa shape index (κ3) is 4.62. The second kappa shape index (κ2) is 9.91. The molecule has 5 rings (SSSR count). The van der Waals surface area contributed by atoms with Gasteiger partial charge in [0, 0.05) is 7.11 Å². The molecule has 3 aliphatic heterocycles. The number of fused-ring (bicyclic) bond motifs is 1. The zero-order chi connectivity index (χ0) is 24.4. The van der Waals surface area contributed by atoms with E-state index in [1.807, 2.05) is 43.3 Å². The number of imide groups is 1. The van der Waals surface area contributed by atoms with Crippen LogP contribution < -0.4 is 14.8 Å². The van der Waals surface area contributed by atoms with E-state index in [2.05, 4.69) is 10.2 Å². The van der Waals surface area contributed by atoms with Crippen LogP contribution in [0.15, 0.2) is 40.8 Å². The summed E-state index contributed by atoms with van der Waals surface area (Å²) in [5.41, 5.74) is -0.868. The number of rotatable bonds is 8. The maximum Gasteiger partial charge on any atom is 0.325 e. The SMILES string of the molecule is CC[C@@]1(C2CCN(Cc3ccc(COC)o3)CC2)NC(=O)N(C[C@H]2COc3ccccc3O2)C1=O. The number of nitrogens with one attached hydrogen (secondary N) is 1. The zero-order valence-corrected chi connectivity index (χ0v) is 20.3. The number of methoxy groups -OCH3 is 1. The van der Waals surface area contributed by atoms with Crippen LogP contribution in [0.1, 0.15) is 37.7 Å². The maximum absolute atomic E-state index is 13.6. The van der Waals surface area contributed by atoms with E-state index < -0.39 is 11.6 Å². The molecule has 0 unspecified atom stereocenters. The van der Waals surface area contributed by atoms with E-state index in [1.54, 1.807) is 7.11 Å². The number of carbonyl (C=O) groups is 2. The first-order valence-corrected chi connectivity index (χ1v) is 12.3. The first kappa shape index (κ1) is 23.7. The van der Waals surface area contributed by atoms with Crippen molar-refractivity contribution >= 4 is 11.9 Å². The molecule has 0 saturated carbocycles. The molecular formula is C26H33N3O6. The molecule has 1 N–H and O–H groups in total. The van der Waals surface area contributed by atoms with Crippen LogP contribution in [0.5, 0.6) is 11.5 Å². The molecule has 35 heavy (non-hydrogen) atoms. The van der Waals surface area contributed by atoms with Crippen LogP contribution in [0, 0.1) is 5.92 Å². The second-order valence-electron chi connectivity index (χ2n) is 9.52. The Morgan fingerprint density at radius 3 is 2.57 bits per heavy atom. The van der Waals surface area contributed by atoms with Gasteiger partial charge in [-0.05, 0) is 62.5 Å². The molecule has 2 aromatic rings. The Kier molecular flexibility index (Phi) is 6.71. The Morgan fingerprint density at radius 1 is 1.09 bits per heavy atom. The van der Waals surface area contributed by atoms with Crippen molar-refractivity contribution in [2.75, 3.05) is 33.4 Å². The summed E-state index contributed by atoms with van der Waals surface area (Å²) in [6, 6.07) is 11.0. The lowest BCUT2D eigenvalue weighted by molar-refractivity contribution is -0.135. The Bertz CT molecular complexity index is 1060. The molecule has 0 spiro atoms. The number of likely N-dealkylation sites (tertiary alicyclic amines) is 1. The number of hydrogen-bond donors (Lipinski definition) is 1. The van der Waals surface area contributed by atoms with E-state index in [0.29, 0.717) is 31.1 Å². The Balaban J connectivity index is 1.20. The summed E-state index contributed by atoms with van der Waals surface area (Å²) in [4.78, 5) is 30.2. The molecule has 0 bridgehead atoms. The van der Waals surface area contributed by atoms with E-state index in [9.17, 15) is 9.59 Å². The summed E-state index contributed by atoms with van der Waals surface area (Å²) in [5.74, 6) is 2.97. The molecule has 3 amide bonds. The van der Waals surface area contributed by atoms with Crippen molar-refractivity contribution in [3.63, 3.8) is 0 Å². The molecule has 4 heterocycles. The van der Waals surface area contributed by atoms with Gasteiger partial charge < -0.3 is 23.9 Å². The predicted molar refractivity (Wildman–Crippen MR) is 127 cm³/mol. The third-order valence-electron chi connectivity index (χ3n) is 7.38. The molecule has 3 aliphatic rings. The molecule has 9 nitrogen and oxygen atoms in total. The molecule has 1 aromatic heterocycles. The van der Waals surface area contributed by atoms with Gasteiger partial charge in [0.25, 0.3) is 5.91 Å². The topological polar surface area (TPSA) is 93.5 Å². The minimum atomic E-state index is -0.868. The maximum atomic E-state index is 13.6. The number of urea groups is 1. The Hall–Kier alpha value is -3.04. The van der Waals surface area contributed by atoms with Crippen LogP contribution in [0.4, 0.5) is 4.79 Å². The normalized spacial score (nSPS) is 25.2. The average Bonchev–Trinajstić information content (AvgIpc) is 3.42. The first-order valence-electron chi connectivity index (χ1n) is 12.3. The highest BCUT2D eigenvalue weighted by molar-refractivity contribution is 6.07. The number of piperidine rings is 1. The molecule has 0 aliphatic carbocycles. The number of nitrogens with zero attached hydrogens (tertiary/aromatic N) is 2. The summed E-state index contributed by atoms with van der Waals surface area (Å²) in [5, 5.41) is 3.07. The van der Waals surface area contributed by atoms with Gasteiger partial charge in [0.05, 0.1) is 13.1 Å². The van der Waals surface area contributed by atoms with E-state index >= 15 is 0 Å². The van der Waals surface area contributed by atoms with Crippen molar-refractivity contribution in [1.29, 1.82) is 0 Å². The van der Waals surface area contributed by atoms with E-state index in [1.165, 1.54) is 4.90 Å². The number of ether oxygens (including phenoxy) is 3. The summed E-state index contributed by atoms with van der Waals surface area (Å²) >= 11 is 0. The molecule has 2 fully saturated rings. The number of benzene rings is 1. The largest absolute Gasteiger partial charge is 0.486 e. The predicted octanol–water partition coefficient (Wildman–Crippen LogP) is 3.18. The minimum Gasteiger partial charge on any atom is -0.486 e.